The third-order valence-corrected chi connectivity index (χ3v) is 5.86. The van der Waals surface area contributed by atoms with E-state index >= 15 is 0 Å². The van der Waals surface area contributed by atoms with Gasteiger partial charge in [0.2, 0.25) is 5.95 Å². The van der Waals surface area contributed by atoms with Crippen LogP contribution in [0.2, 0.25) is 0 Å². The molecule has 2 N–H and O–H groups in total. The number of nitrogens with one attached hydrogen (secondary N) is 2. The Labute approximate surface area is 222 Å². The zero-order valence-corrected chi connectivity index (χ0v) is 21.3. The van der Waals surface area contributed by atoms with Gasteiger partial charge in [-0.05, 0) is 54.1 Å². The van der Waals surface area contributed by atoms with E-state index in [1.165, 1.54) is 5.56 Å². The highest BCUT2D eigenvalue weighted by molar-refractivity contribution is 5.92. The molecule has 0 fully saturated rings. The van der Waals surface area contributed by atoms with Gasteiger partial charge >= 0.3 is 0 Å². The summed E-state index contributed by atoms with van der Waals surface area (Å²) in [5.74, 6) is 2.78. The van der Waals surface area contributed by atoms with Crippen LogP contribution in [0.15, 0.2) is 103 Å². The molecule has 0 aliphatic heterocycles. The van der Waals surface area contributed by atoms with Crippen molar-refractivity contribution in [1.82, 2.24) is 9.97 Å². The van der Waals surface area contributed by atoms with Crippen molar-refractivity contribution in [1.29, 1.82) is 0 Å². The molecule has 0 radical (unpaired) electrons. The number of hydrogen-bond acceptors (Lipinski definition) is 7. The number of nitrogens with zero attached hydrogens (tertiary/aromatic N) is 2. The van der Waals surface area contributed by atoms with Gasteiger partial charge in [-0.25, -0.2) is 4.98 Å². The predicted molar refractivity (Wildman–Crippen MR) is 152 cm³/mol. The average molecular weight is 507 g/mol. The highest BCUT2D eigenvalue weighted by atomic mass is 16.5. The van der Waals surface area contributed by atoms with E-state index in [1.807, 2.05) is 91.0 Å². The van der Waals surface area contributed by atoms with E-state index in [4.69, 9.17) is 24.2 Å². The first-order chi connectivity index (χ1) is 18.8. The fraction of sp³-hybridized carbons (Fsp3) is 0.161. The minimum Gasteiger partial charge on any atom is -0.497 e. The van der Waals surface area contributed by atoms with Crippen LogP contribution in [0.25, 0.3) is 10.9 Å². The van der Waals surface area contributed by atoms with Gasteiger partial charge in [-0.2, -0.15) is 4.98 Å². The van der Waals surface area contributed by atoms with E-state index in [0.29, 0.717) is 31.6 Å². The first-order valence-corrected chi connectivity index (χ1v) is 12.6. The molecule has 7 heteroatoms. The largest absolute Gasteiger partial charge is 0.497 e. The van der Waals surface area contributed by atoms with Gasteiger partial charge < -0.3 is 24.8 Å². The fourth-order valence-electron chi connectivity index (χ4n) is 3.94. The van der Waals surface area contributed by atoms with E-state index in [2.05, 4.69) is 22.8 Å². The molecule has 1 aromatic heterocycles. The Morgan fingerprint density at radius 3 is 2.34 bits per heavy atom. The molecule has 0 spiro atoms. The van der Waals surface area contributed by atoms with Crippen molar-refractivity contribution < 1.29 is 14.2 Å². The lowest BCUT2D eigenvalue weighted by molar-refractivity contribution is 0.107. The van der Waals surface area contributed by atoms with E-state index in [1.54, 1.807) is 7.11 Å². The number of ether oxygens (including phenoxy) is 3. The second kappa shape index (κ2) is 12.6. The maximum atomic E-state index is 5.87. The molecule has 0 saturated carbocycles. The number of aromatic nitrogens is 2. The van der Waals surface area contributed by atoms with Gasteiger partial charge in [0.25, 0.3) is 0 Å². The first kappa shape index (κ1) is 25.0. The summed E-state index contributed by atoms with van der Waals surface area (Å²) >= 11 is 0. The number of methoxy groups -OCH3 is 1. The molecule has 0 aliphatic rings. The molecule has 0 aliphatic carbocycles. The third kappa shape index (κ3) is 6.78. The summed E-state index contributed by atoms with van der Waals surface area (Å²) in [6.45, 7) is 1.86. The third-order valence-electron chi connectivity index (χ3n) is 5.86. The summed E-state index contributed by atoms with van der Waals surface area (Å²) in [4.78, 5) is 9.45. The minimum atomic E-state index is 0.498. The Kier molecular flexibility index (Phi) is 8.28. The van der Waals surface area contributed by atoms with Gasteiger partial charge in [0.05, 0.1) is 32.4 Å². The van der Waals surface area contributed by atoms with Crippen LogP contribution in [0.5, 0.6) is 11.5 Å². The van der Waals surface area contributed by atoms with Crippen molar-refractivity contribution >= 4 is 34.0 Å². The molecule has 7 nitrogen and oxygen atoms in total. The van der Waals surface area contributed by atoms with E-state index < -0.39 is 0 Å². The van der Waals surface area contributed by atoms with Crippen molar-refractivity contribution in [3.8, 4) is 11.5 Å². The Balaban J connectivity index is 1.18. The van der Waals surface area contributed by atoms with Crippen LogP contribution in [-0.2, 0) is 11.3 Å². The van der Waals surface area contributed by atoms with Crippen molar-refractivity contribution in [2.24, 2.45) is 0 Å². The molecule has 0 atom stereocenters. The maximum absolute atomic E-state index is 5.87. The Bertz CT molecular complexity index is 1460. The fourth-order valence-corrected chi connectivity index (χ4v) is 3.94. The van der Waals surface area contributed by atoms with Gasteiger partial charge in [0.1, 0.15) is 17.3 Å². The highest BCUT2D eigenvalue weighted by Crippen LogP contribution is 2.28. The first-order valence-electron chi connectivity index (χ1n) is 12.6. The summed E-state index contributed by atoms with van der Waals surface area (Å²) in [6, 6.07) is 33.6. The number of para-hydroxylation sites is 1. The van der Waals surface area contributed by atoms with Crippen LogP contribution < -0.4 is 20.1 Å². The maximum Gasteiger partial charge on any atom is 0.229 e. The van der Waals surface area contributed by atoms with Crippen molar-refractivity contribution in [2.45, 2.75) is 13.0 Å². The topological polar surface area (TPSA) is 77.5 Å². The van der Waals surface area contributed by atoms with Gasteiger partial charge in [-0.3, -0.25) is 0 Å². The Morgan fingerprint density at radius 1 is 0.684 bits per heavy atom. The molecule has 5 aromatic rings. The monoisotopic (exact) mass is 506 g/mol. The summed E-state index contributed by atoms with van der Waals surface area (Å²) in [5.41, 5.74) is 3.76. The summed E-state index contributed by atoms with van der Waals surface area (Å²) in [5, 5.41) is 7.64. The number of rotatable bonds is 12. The van der Waals surface area contributed by atoms with Gasteiger partial charge in [0.15, 0.2) is 0 Å². The van der Waals surface area contributed by atoms with Gasteiger partial charge in [-0.15, -0.1) is 0 Å². The second-order valence-corrected chi connectivity index (χ2v) is 8.66. The van der Waals surface area contributed by atoms with Gasteiger partial charge in [0, 0.05) is 29.2 Å². The Morgan fingerprint density at radius 2 is 1.50 bits per heavy atom. The number of anilines is 4. The van der Waals surface area contributed by atoms with Gasteiger partial charge in [-0.1, -0.05) is 48.5 Å². The van der Waals surface area contributed by atoms with E-state index in [-0.39, 0.29) is 0 Å². The molecule has 5 rings (SSSR count). The standard InChI is InChI=1S/C31H30N4O3/c1-36-27-12-7-11-25(21-27)32-30-28-13-5-6-14-29(28)34-31(35-30)33-24-15-17-26(18-16-24)38-20-8-19-37-22-23-9-3-2-4-10-23/h2-7,9-18,21H,8,19-20,22H2,1H3,(H2,32,33,34,35). The molecule has 0 bridgehead atoms. The van der Waals surface area contributed by atoms with Crippen LogP contribution in [-0.4, -0.2) is 30.3 Å². The Hall–Kier alpha value is -4.62. The molecular formula is C31H30N4O3. The predicted octanol–water partition coefficient (Wildman–Crippen LogP) is 7.11. The number of hydrogen-bond donors (Lipinski definition) is 2. The SMILES string of the molecule is COc1cccc(Nc2nc(Nc3ccc(OCCCOCc4ccccc4)cc3)nc3ccccc23)c1. The highest BCUT2D eigenvalue weighted by Gasteiger charge is 2.09. The zero-order valence-electron chi connectivity index (χ0n) is 21.3. The van der Waals surface area contributed by atoms with E-state index in [9.17, 15) is 0 Å². The number of fused-ring (bicyclic) bond motifs is 1. The van der Waals surface area contributed by atoms with Crippen molar-refractivity contribution in [3.05, 3.63) is 109 Å². The molecule has 0 saturated heterocycles. The lowest BCUT2D eigenvalue weighted by atomic mass is 10.2. The molecule has 1 heterocycles. The van der Waals surface area contributed by atoms with Crippen LogP contribution in [0.4, 0.5) is 23.1 Å². The van der Waals surface area contributed by atoms with Crippen LogP contribution in [0.1, 0.15) is 12.0 Å². The molecular weight excluding hydrogens is 476 g/mol. The number of benzene rings is 4. The smallest absolute Gasteiger partial charge is 0.229 e. The lowest BCUT2D eigenvalue weighted by Gasteiger charge is -2.13. The van der Waals surface area contributed by atoms with Crippen LogP contribution in [0.3, 0.4) is 0 Å². The molecule has 4 aromatic carbocycles. The zero-order chi connectivity index (χ0) is 26.0. The average Bonchev–Trinajstić information content (AvgIpc) is 2.96. The molecule has 38 heavy (non-hydrogen) atoms. The molecule has 192 valence electrons. The molecule has 0 unspecified atom stereocenters. The quantitative estimate of drug-likeness (QED) is 0.175. The van der Waals surface area contributed by atoms with Crippen molar-refractivity contribution in [3.63, 3.8) is 0 Å². The summed E-state index contributed by atoms with van der Waals surface area (Å²) in [6.07, 6.45) is 0.820. The summed E-state index contributed by atoms with van der Waals surface area (Å²) < 4.78 is 16.9. The lowest BCUT2D eigenvalue weighted by Crippen LogP contribution is -2.04. The molecule has 0 amide bonds. The second-order valence-electron chi connectivity index (χ2n) is 8.66. The van der Waals surface area contributed by atoms with Crippen LogP contribution in [0, 0.1) is 0 Å². The minimum absolute atomic E-state index is 0.498. The van der Waals surface area contributed by atoms with Crippen molar-refractivity contribution in [2.75, 3.05) is 31.0 Å². The van der Waals surface area contributed by atoms with Crippen LogP contribution >= 0.6 is 0 Å². The normalized spacial score (nSPS) is 10.8. The van der Waals surface area contributed by atoms with E-state index in [0.717, 1.165) is 40.2 Å². The summed E-state index contributed by atoms with van der Waals surface area (Å²) in [7, 11) is 1.65.